The summed E-state index contributed by atoms with van der Waals surface area (Å²) < 4.78 is 5.46. The van der Waals surface area contributed by atoms with E-state index in [9.17, 15) is 9.90 Å². The lowest BCUT2D eigenvalue weighted by Crippen LogP contribution is -2.36. The van der Waals surface area contributed by atoms with Gasteiger partial charge in [0.2, 0.25) is 0 Å². The summed E-state index contributed by atoms with van der Waals surface area (Å²) in [5.41, 5.74) is 0.613. The molecule has 2 heterocycles. The van der Waals surface area contributed by atoms with Crippen LogP contribution in [0.2, 0.25) is 0 Å². The van der Waals surface area contributed by atoms with Crippen molar-refractivity contribution in [2.75, 3.05) is 45.9 Å². The molecule has 130 valence electrons. The van der Waals surface area contributed by atoms with Crippen LogP contribution in [0.3, 0.4) is 0 Å². The molecule has 0 unspecified atom stereocenters. The summed E-state index contributed by atoms with van der Waals surface area (Å²) in [7, 11) is 0. The number of carbonyl (C=O) groups is 1. The third kappa shape index (κ3) is 4.13. The number of aliphatic hydroxyl groups is 2. The lowest BCUT2D eigenvalue weighted by Gasteiger charge is -2.25. The van der Waals surface area contributed by atoms with E-state index in [0.717, 1.165) is 18.8 Å². The minimum Gasteiger partial charge on any atom is -0.466 e. The molecule has 1 saturated heterocycles. The van der Waals surface area contributed by atoms with Gasteiger partial charge in [0.15, 0.2) is 0 Å². The van der Waals surface area contributed by atoms with Gasteiger partial charge < -0.3 is 24.4 Å². The molecule has 6 nitrogen and oxygen atoms in total. The van der Waals surface area contributed by atoms with Crippen LogP contribution in [0, 0.1) is 25.7 Å². The highest BCUT2D eigenvalue weighted by atomic mass is 16.3. The van der Waals surface area contributed by atoms with Crippen molar-refractivity contribution < 1.29 is 19.4 Å². The fourth-order valence-electron chi connectivity index (χ4n) is 3.38. The van der Waals surface area contributed by atoms with Crippen molar-refractivity contribution in [1.82, 2.24) is 9.80 Å². The Morgan fingerprint density at radius 2 is 2.04 bits per heavy atom. The van der Waals surface area contributed by atoms with Crippen molar-refractivity contribution in [3.63, 3.8) is 0 Å². The second-order valence-electron chi connectivity index (χ2n) is 6.36. The quantitative estimate of drug-likeness (QED) is 0.779. The van der Waals surface area contributed by atoms with E-state index in [1.165, 1.54) is 0 Å². The number of hydrogen-bond donors (Lipinski definition) is 2. The maximum Gasteiger partial charge on any atom is 0.257 e. The van der Waals surface area contributed by atoms with Crippen molar-refractivity contribution >= 4 is 5.91 Å². The van der Waals surface area contributed by atoms with Crippen molar-refractivity contribution in [2.24, 2.45) is 11.8 Å². The molecule has 1 aromatic heterocycles. The van der Waals surface area contributed by atoms with Crippen LogP contribution >= 0.6 is 0 Å². The highest BCUT2D eigenvalue weighted by Crippen LogP contribution is 2.27. The van der Waals surface area contributed by atoms with Crippen LogP contribution in [-0.4, -0.2) is 71.9 Å². The second kappa shape index (κ2) is 7.95. The van der Waals surface area contributed by atoms with Gasteiger partial charge in [-0.3, -0.25) is 4.79 Å². The molecule has 1 fully saturated rings. The van der Waals surface area contributed by atoms with E-state index in [1.807, 2.05) is 11.8 Å². The molecule has 1 amide bonds. The molecular weight excluding hydrogens is 296 g/mol. The minimum atomic E-state index is -0.0227. The van der Waals surface area contributed by atoms with Gasteiger partial charge >= 0.3 is 0 Å². The molecule has 1 aromatic rings. The second-order valence-corrected chi connectivity index (χ2v) is 6.36. The van der Waals surface area contributed by atoms with E-state index in [0.29, 0.717) is 31.0 Å². The molecule has 2 N–H and O–H groups in total. The van der Waals surface area contributed by atoms with E-state index in [1.54, 1.807) is 13.0 Å². The molecule has 0 bridgehead atoms. The Morgan fingerprint density at radius 1 is 1.35 bits per heavy atom. The summed E-state index contributed by atoms with van der Waals surface area (Å²) in [5, 5.41) is 18.8. The van der Waals surface area contributed by atoms with Gasteiger partial charge in [-0.15, -0.1) is 0 Å². The number of carbonyl (C=O) groups excluding carboxylic acids is 1. The molecule has 23 heavy (non-hydrogen) atoms. The lowest BCUT2D eigenvalue weighted by atomic mass is 9.96. The van der Waals surface area contributed by atoms with Gasteiger partial charge in [-0.2, -0.15) is 0 Å². The Morgan fingerprint density at radius 3 is 2.57 bits per heavy atom. The van der Waals surface area contributed by atoms with E-state index in [2.05, 4.69) is 11.8 Å². The highest BCUT2D eigenvalue weighted by Gasteiger charge is 2.36. The fraction of sp³-hybridized carbons (Fsp3) is 0.706. The summed E-state index contributed by atoms with van der Waals surface area (Å²) in [6.45, 7) is 9.36. The summed E-state index contributed by atoms with van der Waals surface area (Å²) >= 11 is 0. The van der Waals surface area contributed by atoms with Gasteiger partial charge in [0, 0.05) is 38.7 Å². The predicted octanol–water partition coefficient (Wildman–Crippen LogP) is 0.891. The van der Waals surface area contributed by atoms with Crippen LogP contribution in [-0.2, 0) is 0 Å². The first kappa shape index (κ1) is 18.0. The largest absolute Gasteiger partial charge is 0.466 e. The predicted molar refractivity (Wildman–Crippen MR) is 87.4 cm³/mol. The zero-order valence-corrected chi connectivity index (χ0v) is 14.3. The lowest BCUT2D eigenvalue weighted by molar-refractivity contribution is 0.0776. The first-order chi connectivity index (χ1) is 11.0. The van der Waals surface area contributed by atoms with Crippen molar-refractivity contribution in [2.45, 2.75) is 20.8 Å². The van der Waals surface area contributed by atoms with E-state index in [-0.39, 0.29) is 31.0 Å². The van der Waals surface area contributed by atoms with Gasteiger partial charge in [0.25, 0.3) is 5.91 Å². The summed E-state index contributed by atoms with van der Waals surface area (Å²) in [6.07, 6.45) is 0. The SMILES string of the molecule is CCN(CCO)C[C@@H]1CN(C(=O)c2cc(C)oc2C)C[C@@H]1CO. The third-order valence-electron chi connectivity index (χ3n) is 4.73. The number of likely N-dealkylation sites (N-methyl/N-ethyl adjacent to an activating group) is 1. The van der Waals surface area contributed by atoms with Gasteiger partial charge in [0.1, 0.15) is 11.5 Å². The van der Waals surface area contributed by atoms with Crippen molar-refractivity contribution in [3.05, 3.63) is 23.2 Å². The van der Waals surface area contributed by atoms with Crippen LogP contribution in [0.1, 0.15) is 28.8 Å². The average Bonchev–Trinajstić information content (AvgIpc) is 3.08. The number of aryl methyl sites for hydroxylation is 2. The van der Waals surface area contributed by atoms with Gasteiger partial charge in [-0.1, -0.05) is 6.92 Å². The molecule has 1 aliphatic rings. The third-order valence-corrected chi connectivity index (χ3v) is 4.73. The Hall–Kier alpha value is -1.37. The first-order valence-corrected chi connectivity index (χ1v) is 8.30. The van der Waals surface area contributed by atoms with Crippen LogP contribution in [0.5, 0.6) is 0 Å². The molecule has 1 aliphatic heterocycles. The standard InChI is InChI=1S/C17H28N2O4/c1-4-18(5-6-20)8-14-9-19(10-15(14)11-21)17(22)16-7-12(2)23-13(16)3/h7,14-15,20-21H,4-6,8-11H2,1-3H3/t14-,15-/m1/s1. The maximum atomic E-state index is 12.7. The van der Waals surface area contributed by atoms with Crippen molar-refractivity contribution in [1.29, 1.82) is 0 Å². The Kier molecular flexibility index (Phi) is 6.21. The average molecular weight is 324 g/mol. The van der Waals surface area contributed by atoms with Crippen molar-refractivity contribution in [3.8, 4) is 0 Å². The zero-order valence-electron chi connectivity index (χ0n) is 14.3. The Bertz CT molecular complexity index is 529. The maximum absolute atomic E-state index is 12.7. The first-order valence-electron chi connectivity index (χ1n) is 8.30. The number of rotatable bonds is 7. The minimum absolute atomic E-state index is 0.0227. The smallest absolute Gasteiger partial charge is 0.257 e. The van der Waals surface area contributed by atoms with E-state index < -0.39 is 0 Å². The van der Waals surface area contributed by atoms with E-state index in [4.69, 9.17) is 9.52 Å². The number of nitrogens with zero attached hydrogens (tertiary/aromatic N) is 2. The zero-order chi connectivity index (χ0) is 17.0. The molecule has 0 spiro atoms. The van der Waals surface area contributed by atoms with Crippen LogP contribution in [0.25, 0.3) is 0 Å². The highest BCUT2D eigenvalue weighted by molar-refractivity contribution is 5.95. The van der Waals surface area contributed by atoms with Crippen LogP contribution < -0.4 is 0 Å². The summed E-state index contributed by atoms with van der Waals surface area (Å²) in [4.78, 5) is 16.7. The Balaban J connectivity index is 2.05. The normalized spacial score (nSPS) is 21.4. The Labute approximate surface area is 137 Å². The number of amides is 1. The molecule has 6 heteroatoms. The number of likely N-dealkylation sites (tertiary alicyclic amines) is 1. The summed E-state index contributed by atoms with van der Waals surface area (Å²) in [5.74, 6) is 1.67. The van der Waals surface area contributed by atoms with Gasteiger partial charge in [-0.05, 0) is 32.4 Å². The van der Waals surface area contributed by atoms with E-state index >= 15 is 0 Å². The summed E-state index contributed by atoms with van der Waals surface area (Å²) in [6, 6.07) is 1.78. The number of furan rings is 1. The van der Waals surface area contributed by atoms with Crippen LogP contribution in [0.15, 0.2) is 10.5 Å². The molecule has 0 aromatic carbocycles. The van der Waals surface area contributed by atoms with Crippen LogP contribution in [0.4, 0.5) is 0 Å². The fourth-order valence-corrected chi connectivity index (χ4v) is 3.38. The van der Waals surface area contributed by atoms with Gasteiger partial charge in [0.05, 0.1) is 12.2 Å². The molecule has 0 aliphatic carbocycles. The number of hydrogen-bond acceptors (Lipinski definition) is 5. The van der Waals surface area contributed by atoms with Gasteiger partial charge in [-0.25, -0.2) is 0 Å². The number of aliphatic hydroxyl groups excluding tert-OH is 2. The molecule has 0 saturated carbocycles. The molecule has 0 radical (unpaired) electrons. The molecule has 2 atom stereocenters. The topological polar surface area (TPSA) is 77.2 Å². The molecule has 2 rings (SSSR count). The molecular formula is C17H28N2O4. The monoisotopic (exact) mass is 324 g/mol.